The Morgan fingerprint density at radius 2 is 1.84 bits per heavy atom. The number of hydrogen-bond donors (Lipinski definition) is 1. The van der Waals surface area contributed by atoms with E-state index in [0.717, 1.165) is 23.6 Å². The lowest BCUT2D eigenvalue weighted by atomic mass is 10.1. The molecule has 1 unspecified atom stereocenters. The summed E-state index contributed by atoms with van der Waals surface area (Å²) in [4.78, 5) is 14.3. The average Bonchev–Trinajstić information content (AvgIpc) is 2.61. The Morgan fingerprint density at radius 1 is 1.12 bits per heavy atom. The minimum absolute atomic E-state index is 0.0317. The zero-order valence-electron chi connectivity index (χ0n) is 15.3. The second kappa shape index (κ2) is 9.08. The third kappa shape index (κ3) is 5.50. The number of rotatable bonds is 8. The molecule has 5 nitrogen and oxygen atoms in total. The smallest absolute Gasteiger partial charge is 0.234 e. The molecule has 5 heteroatoms. The van der Waals surface area contributed by atoms with Crippen molar-refractivity contribution in [2.24, 2.45) is 0 Å². The number of likely N-dealkylation sites (N-methyl/N-ethyl adjacent to an activating group) is 1. The molecule has 0 bridgehead atoms. The maximum Gasteiger partial charge on any atom is 0.234 e. The van der Waals surface area contributed by atoms with Crippen LogP contribution in [0.4, 0.5) is 0 Å². The molecular formula is C20H26N2O3. The van der Waals surface area contributed by atoms with Gasteiger partial charge in [0.1, 0.15) is 11.5 Å². The number of nitrogens with zero attached hydrogens (tertiary/aromatic N) is 1. The third-order valence-electron chi connectivity index (χ3n) is 3.99. The molecule has 0 spiro atoms. The standard InChI is InChI=1S/C20H26N2O3/c1-15(18-12-17(24-3)10-11-19(18)25-4)21-20(23)14-22(2)13-16-8-6-5-7-9-16/h5-12,15H,13-14H2,1-4H3,(H,21,23). The number of hydrogen-bond acceptors (Lipinski definition) is 4. The molecule has 0 aliphatic heterocycles. The lowest BCUT2D eigenvalue weighted by Gasteiger charge is -2.21. The lowest BCUT2D eigenvalue weighted by molar-refractivity contribution is -0.122. The molecule has 0 saturated heterocycles. The summed E-state index contributed by atoms with van der Waals surface area (Å²) in [5.74, 6) is 1.43. The highest BCUT2D eigenvalue weighted by Gasteiger charge is 2.16. The molecule has 0 fully saturated rings. The van der Waals surface area contributed by atoms with Crippen molar-refractivity contribution in [1.29, 1.82) is 0 Å². The molecule has 134 valence electrons. The van der Waals surface area contributed by atoms with Crippen LogP contribution in [-0.2, 0) is 11.3 Å². The largest absolute Gasteiger partial charge is 0.497 e. The number of amides is 1. The summed E-state index contributed by atoms with van der Waals surface area (Å²) in [7, 11) is 5.17. The fraction of sp³-hybridized carbons (Fsp3) is 0.350. The predicted octanol–water partition coefficient (Wildman–Crippen LogP) is 3.01. The Kier molecular flexibility index (Phi) is 6.83. The second-order valence-corrected chi connectivity index (χ2v) is 6.05. The topological polar surface area (TPSA) is 50.8 Å². The Bertz CT molecular complexity index is 689. The molecule has 2 aromatic rings. The summed E-state index contributed by atoms with van der Waals surface area (Å²) in [6, 6.07) is 15.5. The highest BCUT2D eigenvalue weighted by molar-refractivity contribution is 5.78. The van der Waals surface area contributed by atoms with Crippen molar-refractivity contribution in [1.82, 2.24) is 10.2 Å². The zero-order valence-corrected chi connectivity index (χ0v) is 15.3. The van der Waals surface area contributed by atoms with Crippen molar-refractivity contribution in [3.8, 4) is 11.5 Å². The van der Waals surface area contributed by atoms with Crippen molar-refractivity contribution < 1.29 is 14.3 Å². The first-order valence-corrected chi connectivity index (χ1v) is 8.27. The van der Waals surface area contributed by atoms with Gasteiger partial charge in [0.2, 0.25) is 5.91 Å². The van der Waals surface area contributed by atoms with E-state index in [0.29, 0.717) is 6.54 Å². The van der Waals surface area contributed by atoms with Gasteiger partial charge in [-0.05, 0) is 37.7 Å². The number of methoxy groups -OCH3 is 2. The van der Waals surface area contributed by atoms with Crippen LogP contribution in [0.15, 0.2) is 48.5 Å². The molecule has 0 aliphatic carbocycles. The average molecular weight is 342 g/mol. The zero-order chi connectivity index (χ0) is 18.2. The molecule has 1 amide bonds. The van der Waals surface area contributed by atoms with Gasteiger partial charge in [-0.1, -0.05) is 30.3 Å². The first kappa shape index (κ1) is 18.8. The quantitative estimate of drug-likeness (QED) is 0.801. The van der Waals surface area contributed by atoms with Gasteiger partial charge in [0, 0.05) is 12.1 Å². The van der Waals surface area contributed by atoms with Gasteiger partial charge in [-0.15, -0.1) is 0 Å². The SMILES string of the molecule is COc1ccc(OC)c(C(C)NC(=O)CN(C)Cc2ccccc2)c1. The van der Waals surface area contributed by atoms with E-state index < -0.39 is 0 Å². The minimum Gasteiger partial charge on any atom is -0.497 e. The van der Waals surface area contributed by atoms with Crippen LogP contribution in [-0.4, -0.2) is 38.6 Å². The summed E-state index contributed by atoms with van der Waals surface area (Å²) in [5, 5.41) is 3.02. The second-order valence-electron chi connectivity index (χ2n) is 6.05. The summed E-state index contributed by atoms with van der Waals surface area (Å²) < 4.78 is 10.7. The Balaban J connectivity index is 1.95. The number of benzene rings is 2. The van der Waals surface area contributed by atoms with Crippen molar-refractivity contribution >= 4 is 5.91 Å². The van der Waals surface area contributed by atoms with E-state index in [2.05, 4.69) is 17.4 Å². The van der Waals surface area contributed by atoms with Gasteiger partial charge in [-0.25, -0.2) is 0 Å². The van der Waals surface area contributed by atoms with Crippen LogP contribution in [0.1, 0.15) is 24.1 Å². The van der Waals surface area contributed by atoms with Gasteiger partial charge in [0.25, 0.3) is 0 Å². The van der Waals surface area contributed by atoms with Gasteiger partial charge < -0.3 is 14.8 Å². The van der Waals surface area contributed by atoms with Crippen molar-refractivity contribution in [2.75, 3.05) is 27.8 Å². The number of carbonyl (C=O) groups is 1. The minimum atomic E-state index is -0.178. The molecule has 0 aromatic heterocycles. The molecule has 1 N–H and O–H groups in total. The highest BCUT2D eigenvalue weighted by Crippen LogP contribution is 2.29. The molecule has 2 rings (SSSR count). The highest BCUT2D eigenvalue weighted by atomic mass is 16.5. The molecule has 25 heavy (non-hydrogen) atoms. The molecule has 0 radical (unpaired) electrons. The summed E-state index contributed by atoms with van der Waals surface area (Å²) in [6.45, 7) is 2.99. The molecule has 0 aliphatic rings. The van der Waals surface area contributed by atoms with Gasteiger partial charge in [-0.2, -0.15) is 0 Å². The van der Waals surface area contributed by atoms with Crippen LogP contribution in [0.3, 0.4) is 0 Å². The van der Waals surface area contributed by atoms with E-state index in [1.165, 1.54) is 5.56 Å². The van der Waals surface area contributed by atoms with Gasteiger partial charge in [0.05, 0.1) is 26.8 Å². The van der Waals surface area contributed by atoms with Gasteiger partial charge in [-0.3, -0.25) is 9.69 Å². The summed E-state index contributed by atoms with van der Waals surface area (Å²) in [5.41, 5.74) is 2.07. The van der Waals surface area contributed by atoms with Crippen LogP contribution < -0.4 is 14.8 Å². The van der Waals surface area contributed by atoms with E-state index in [9.17, 15) is 4.79 Å². The Labute approximate surface area is 149 Å². The predicted molar refractivity (Wildman–Crippen MR) is 98.9 cm³/mol. The summed E-state index contributed by atoms with van der Waals surface area (Å²) >= 11 is 0. The summed E-state index contributed by atoms with van der Waals surface area (Å²) in [6.07, 6.45) is 0. The monoisotopic (exact) mass is 342 g/mol. The normalized spacial score (nSPS) is 11.9. The van der Waals surface area contributed by atoms with E-state index in [1.807, 2.05) is 55.3 Å². The molecule has 1 atom stereocenters. The van der Waals surface area contributed by atoms with Crippen molar-refractivity contribution in [3.63, 3.8) is 0 Å². The van der Waals surface area contributed by atoms with E-state index in [-0.39, 0.29) is 11.9 Å². The Morgan fingerprint density at radius 3 is 2.48 bits per heavy atom. The van der Waals surface area contributed by atoms with Crippen molar-refractivity contribution in [3.05, 3.63) is 59.7 Å². The molecular weight excluding hydrogens is 316 g/mol. The van der Waals surface area contributed by atoms with Crippen LogP contribution in [0.2, 0.25) is 0 Å². The Hall–Kier alpha value is -2.53. The van der Waals surface area contributed by atoms with E-state index >= 15 is 0 Å². The lowest BCUT2D eigenvalue weighted by Crippen LogP contribution is -2.36. The number of ether oxygens (including phenoxy) is 2. The fourth-order valence-electron chi connectivity index (χ4n) is 2.74. The van der Waals surface area contributed by atoms with E-state index in [1.54, 1.807) is 14.2 Å². The third-order valence-corrected chi connectivity index (χ3v) is 3.99. The maximum absolute atomic E-state index is 12.4. The maximum atomic E-state index is 12.4. The fourth-order valence-corrected chi connectivity index (χ4v) is 2.74. The van der Waals surface area contributed by atoms with Crippen LogP contribution >= 0.6 is 0 Å². The first-order valence-electron chi connectivity index (χ1n) is 8.27. The molecule has 2 aromatic carbocycles. The molecule has 0 saturated carbocycles. The number of carbonyl (C=O) groups excluding carboxylic acids is 1. The first-order chi connectivity index (χ1) is 12.0. The molecule has 0 heterocycles. The van der Waals surface area contributed by atoms with E-state index in [4.69, 9.17) is 9.47 Å². The van der Waals surface area contributed by atoms with Crippen LogP contribution in [0.25, 0.3) is 0 Å². The van der Waals surface area contributed by atoms with Crippen molar-refractivity contribution in [2.45, 2.75) is 19.5 Å². The van der Waals surface area contributed by atoms with Crippen LogP contribution in [0, 0.1) is 0 Å². The van der Waals surface area contributed by atoms with Gasteiger partial charge in [0.15, 0.2) is 0 Å². The number of nitrogens with one attached hydrogen (secondary N) is 1. The van der Waals surface area contributed by atoms with Crippen LogP contribution in [0.5, 0.6) is 11.5 Å². The van der Waals surface area contributed by atoms with Gasteiger partial charge >= 0.3 is 0 Å².